The molecule has 206 valence electrons. The molecule has 2 aromatic rings. The van der Waals surface area contributed by atoms with Crippen molar-refractivity contribution in [1.82, 2.24) is 0 Å². The van der Waals surface area contributed by atoms with E-state index in [1.807, 2.05) is 24.3 Å². The largest absolute Gasteiger partial charge is 0.490 e. The van der Waals surface area contributed by atoms with Crippen LogP contribution in [0.25, 0.3) is 0 Å². The number of nitrogens with zero attached hydrogens (tertiary/aromatic N) is 2. The molecule has 1 spiro atoms. The van der Waals surface area contributed by atoms with Crippen LogP contribution in [0, 0.1) is 5.92 Å². The van der Waals surface area contributed by atoms with E-state index in [0.29, 0.717) is 18.1 Å². The van der Waals surface area contributed by atoms with Gasteiger partial charge in [-0.25, -0.2) is 0 Å². The third-order valence-corrected chi connectivity index (χ3v) is 9.61. The van der Waals surface area contributed by atoms with Crippen molar-refractivity contribution in [2.45, 2.75) is 70.6 Å². The van der Waals surface area contributed by atoms with E-state index in [1.54, 1.807) is 0 Å². The molecule has 4 nitrogen and oxygen atoms in total. The number of amides is 1. The minimum Gasteiger partial charge on any atom is -0.490 e. The number of carbonyl (C=O) groups excluding carboxylic acids is 1. The summed E-state index contributed by atoms with van der Waals surface area (Å²) in [5, 5.41) is 0.794. The molecule has 0 aromatic heterocycles. The zero-order valence-corrected chi connectivity index (χ0v) is 25.0. The first-order valence-corrected chi connectivity index (χ1v) is 16.3. The Hall–Kier alpha value is -2.11. The molecule has 0 saturated heterocycles. The summed E-state index contributed by atoms with van der Waals surface area (Å²) in [6.07, 6.45) is 16.0. The number of hydrogen-bond acceptors (Lipinski definition) is 3. The van der Waals surface area contributed by atoms with Crippen molar-refractivity contribution in [3.63, 3.8) is 0 Å². The van der Waals surface area contributed by atoms with Gasteiger partial charge in [-0.05, 0) is 92.2 Å². The van der Waals surface area contributed by atoms with Gasteiger partial charge in [-0.2, -0.15) is 4.36 Å². The lowest BCUT2D eigenvalue weighted by atomic mass is 9.70. The lowest BCUT2D eigenvalue weighted by molar-refractivity contribution is 0.101. The highest BCUT2D eigenvalue weighted by Gasteiger charge is 2.41. The van der Waals surface area contributed by atoms with Crippen molar-refractivity contribution in [2.24, 2.45) is 10.3 Å². The average molecular weight is 555 g/mol. The number of aryl methyl sites for hydroxylation is 1. The van der Waals surface area contributed by atoms with Gasteiger partial charge < -0.3 is 9.64 Å². The summed E-state index contributed by atoms with van der Waals surface area (Å²) in [6.45, 7) is 5.95. The van der Waals surface area contributed by atoms with E-state index in [2.05, 4.69) is 60.7 Å². The lowest BCUT2D eigenvalue weighted by Crippen LogP contribution is -2.44. The minimum atomic E-state index is -0.305. The van der Waals surface area contributed by atoms with Crippen molar-refractivity contribution in [3.05, 3.63) is 70.3 Å². The number of hydrogen-bond donors (Lipinski definition) is 0. The summed E-state index contributed by atoms with van der Waals surface area (Å²) < 4.78 is 11.0. The van der Waals surface area contributed by atoms with E-state index < -0.39 is 0 Å². The maximum absolute atomic E-state index is 13.1. The van der Waals surface area contributed by atoms with Crippen LogP contribution in [0.5, 0.6) is 5.75 Å². The first kappa shape index (κ1) is 28.9. The summed E-state index contributed by atoms with van der Waals surface area (Å²) in [5.74, 6) is 2.14. The lowest BCUT2D eigenvalue weighted by Gasteiger charge is -2.39. The van der Waals surface area contributed by atoms with E-state index >= 15 is 0 Å². The SMILES string of the molecule is CCCCC/C=C/C[C@H](C)CS(C)=NC(=O)c1ccc2c(c1)N(C)C[C@@]1(CCCc3cc(Cl)ccc31)CO2. The van der Waals surface area contributed by atoms with Crippen molar-refractivity contribution in [3.8, 4) is 5.75 Å². The summed E-state index contributed by atoms with van der Waals surface area (Å²) in [4.78, 5) is 15.4. The second kappa shape index (κ2) is 13.3. The van der Waals surface area contributed by atoms with Crippen LogP contribution < -0.4 is 9.64 Å². The highest BCUT2D eigenvalue weighted by atomic mass is 35.5. The van der Waals surface area contributed by atoms with Crippen LogP contribution >= 0.6 is 11.6 Å². The predicted octanol–water partition coefficient (Wildman–Crippen LogP) is 8.18. The van der Waals surface area contributed by atoms with Crippen LogP contribution in [0.4, 0.5) is 5.69 Å². The van der Waals surface area contributed by atoms with Gasteiger partial charge in [0.2, 0.25) is 0 Å². The van der Waals surface area contributed by atoms with Gasteiger partial charge in [-0.15, -0.1) is 0 Å². The van der Waals surface area contributed by atoms with Gasteiger partial charge in [0, 0.05) is 35.3 Å². The van der Waals surface area contributed by atoms with E-state index in [-0.39, 0.29) is 22.0 Å². The number of rotatable bonds is 9. The molecule has 1 heterocycles. The molecule has 2 aliphatic rings. The second-order valence-corrected chi connectivity index (χ2v) is 13.4. The maximum Gasteiger partial charge on any atom is 0.282 e. The maximum atomic E-state index is 13.1. The van der Waals surface area contributed by atoms with Crippen LogP contribution in [-0.4, -0.2) is 38.1 Å². The molecule has 2 aromatic carbocycles. The third-order valence-electron chi connectivity index (χ3n) is 7.84. The van der Waals surface area contributed by atoms with E-state index in [9.17, 15) is 4.79 Å². The third kappa shape index (κ3) is 7.09. The number of halogens is 1. The molecular weight excluding hydrogens is 512 g/mol. The van der Waals surface area contributed by atoms with Gasteiger partial charge in [0.25, 0.3) is 5.91 Å². The molecule has 0 fully saturated rings. The van der Waals surface area contributed by atoms with Gasteiger partial charge in [0.1, 0.15) is 5.75 Å². The fourth-order valence-corrected chi connectivity index (χ4v) is 7.51. The van der Waals surface area contributed by atoms with E-state index in [1.165, 1.54) is 36.8 Å². The van der Waals surface area contributed by atoms with Gasteiger partial charge in [-0.1, -0.05) is 67.2 Å². The molecule has 1 aliphatic carbocycles. The Balaban J connectivity index is 1.43. The molecule has 0 radical (unpaired) electrons. The van der Waals surface area contributed by atoms with Gasteiger partial charge in [0.15, 0.2) is 0 Å². The number of allylic oxidation sites excluding steroid dienone is 2. The Morgan fingerprint density at radius 3 is 2.89 bits per heavy atom. The molecular formula is C32H43ClN2O2S. The Labute approximate surface area is 236 Å². The topological polar surface area (TPSA) is 41.9 Å². The highest BCUT2D eigenvalue weighted by molar-refractivity contribution is 7.86. The molecule has 3 atom stereocenters. The molecule has 0 N–H and O–H groups in total. The Bertz CT molecular complexity index is 1190. The molecule has 0 saturated carbocycles. The molecule has 4 rings (SSSR count). The van der Waals surface area contributed by atoms with E-state index in [0.717, 1.165) is 54.4 Å². The standard InChI is InChI=1S/C32H43ClN2O2S/c1-5-6-7-8-9-10-12-24(2)21-38(4)34-31(36)26-14-17-30-29(20-26)35(3)22-32(23-37-30)18-11-13-25-19-27(33)15-16-28(25)32/h9-10,14-17,19-20,24H,5-8,11-13,18,21-23H2,1-4H3/b10-9+/t24-,32-,38?/m0/s1. The molecule has 1 aliphatic heterocycles. The summed E-state index contributed by atoms with van der Waals surface area (Å²) in [7, 11) is 1.80. The second-order valence-electron chi connectivity index (χ2n) is 11.2. The van der Waals surface area contributed by atoms with Crippen LogP contribution in [0.3, 0.4) is 0 Å². The first-order valence-electron chi connectivity index (χ1n) is 14.1. The normalized spacial score (nSPS) is 20.6. The van der Waals surface area contributed by atoms with Crippen LogP contribution in [-0.2, 0) is 22.5 Å². The van der Waals surface area contributed by atoms with Crippen LogP contribution in [0.2, 0.25) is 5.02 Å². The smallest absolute Gasteiger partial charge is 0.282 e. The Morgan fingerprint density at radius 2 is 2.08 bits per heavy atom. The number of unbranched alkanes of at least 4 members (excludes halogenated alkanes) is 3. The molecule has 0 bridgehead atoms. The van der Waals surface area contributed by atoms with Gasteiger partial charge in [-0.3, -0.25) is 4.79 Å². The van der Waals surface area contributed by atoms with Gasteiger partial charge >= 0.3 is 0 Å². The van der Waals surface area contributed by atoms with E-state index in [4.69, 9.17) is 16.3 Å². The van der Waals surface area contributed by atoms with Crippen molar-refractivity contribution >= 4 is 33.9 Å². The van der Waals surface area contributed by atoms with Gasteiger partial charge in [0.05, 0.1) is 12.3 Å². The number of anilines is 1. The molecule has 1 unspecified atom stereocenters. The quantitative estimate of drug-likeness (QED) is 0.232. The number of ether oxygens (including phenoxy) is 1. The molecule has 6 heteroatoms. The fourth-order valence-electron chi connectivity index (χ4n) is 5.89. The van der Waals surface area contributed by atoms with Crippen LogP contribution in [0.1, 0.15) is 80.3 Å². The Morgan fingerprint density at radius 1 is 1.24 bits per heavy atom. The van der Waals surface area contributed by atoms with Crippen molar-refractivity contribution < 1.29 is 9.53 Å². The summed E-state index contributed by atoms with van der Waals surface area (Å²) in [6, 6.07) is 12.1. The number of fused-ring (bicyclic) bond motifs is 3. The Kier molecular flexibility index (Phi) is 10.1. The summed E-state index contributed by atoms with van der Waals surface area (Å²) >= 11 is 6.31. The minimum absolute atomic E-state index is 0.0863. The molecule has 38 heavy (non-hydrogen) atoms. The monoisotopic (exact) mass is 554 g/mol. The summed E-state index contributed by atoms with van der Waals surface area (Å²) in [5.41, 5.74) is 4.18. The fraction of sp³-hybridized carbons (Fsp3) is 0.531. The predicted molar refractivity (Wildman–Crippen MR) is 163 cm³/mol. The number of carbonyl (C=O) groups is 1. The average Bonchev–Trinajstić information content (AvgIpc) is 3.02. The van der Waals surface area contributed by atoms with Crippen molar-refractivity contribution in [2.75, 3.05) is 37.1 Å². The van der Waals surface area contributed by atoms with Crippen LogP contribution in [0.15, 0.2) is 52.9 Å². The first-order chi connectivity index (χ1) is 18.3. The number of benzene rings is 2. The molecule has 1 amide bonds. The van der Waals surface area contributed by atoms with Crippen molar-refractivity contribution in [1.29, 1.82) is 0 Å². The highest BCUT2D eigenvalue weighted by Crippen LogP contribution is 2.44. The zero-order chi connectivity index (χ0) is 27.1. The number of likely N-dealkylation sites (N-methyl/N-ethyl adjacent to an activating group) is 1. The zero-order valence-electron chi connectivity index (χ0n) is 23.5.